The van der Waals surface area contributed by atoms with Crippen LogP contribution in [0, 0.1) is 17.6 Å². The van der Waals surface area contributed by atoms with Gasteiger partial charge in [0.05, 0.1) is 5.56 Å². The van der Waals surface area contributed by atoms with Crippen LogP contribution < -0.4 is 0 Å². The van der Waals surface area contributed by atoms with Crippen LogP contribution in [0.1, 0.15) is 59.5 Å². The molecular weight excluding hydrogens is 460 g/mol. The molecule has 4 nitrogen and oxygen atoms in total. The number of benzene rings is 3. The zero-order valence-electron chi connectivity index (χ0n) is 19.8. The number of amides is 1. The van der Waals surface area contributed by atoms with E-state index in [-0.39, 0.29) is 42.0 Å². The molecule has 2 saturated heterocycles. The predicted octanol–water partition coefficient (Wildman–Crippen LogP) is 6.73. The second-order valence-electron chi connectivity index (χ2n) is 10.1. The Morgan fingerprint density at radius 3 is 2.08 bits per heavy atom. The Hall–Kier alpha value is -3.54. The first kappa shape index (κ1) is 22.9. The third-order valence-corrected chi connectivity index (χ3v) is 8.09. The summed E-state index contributed by atoms with van der Waals surface area (Å²) in [4.78, 5) is 28.2. The number of piperidine rings is 2. The zero-order chi connectivity index (χ0) is 24.8. The van der Waals surface area contributed by atoms with Gasteiger partial charge in [-0.05, 0) is 66.5 Å². The van der Waals surface area contributed by atoms with E-state index >= 15 is 0 Å². The van der Waals surface area contributed by atoms with Crippen molar-refractivity contribution in [1.29, 1.82) is 0 Å². The summed E-state index contributed by atoms with van der Waals surface area (Å²) in [5.41, 5.74) is 4.61. The van der Waals surface area contributed by atoms with Gasteiger partial charge in [0.1, 0.15) is 18.2 Å². The molecule has 2 fully saturated rings. The molecular formula is C30H27F2NO3. The van der Waals surface area contributed by atoms with Gasteiger partial charge in [-0.15, -0.1) is 0 Å². The van der Waals surface area contributed by atoms with E-state index < -0.39 is 17.6 Å². The fourth-order valence-electron chi connectivity index (χ4n) is 6.47. The largest absolute Gasteiger partial charge is 0.448 e. The maximum absolute atomic E-state index is 14.3. The molecule has 2 aliphatic heterocycles. The van der Waals surface area contributed by atoms with E-state index in [1.165, 1.54) is 17.2 Å². The highest BCUT2D eigenvalue weighted by Crippen LogP contribution is 2.45. The Kier molecular flexibility index (Phi) is 5.82. The van der Waals surface area contributed by atoms with Crippen molar-refractivity contribution >= 4 is 11.9 Å². The number of rotatable bonds is 4. The standard InChI is InChI=1S/C30H27F2NO3/c31-19-12-13-26(28(32)16-19)29(34)18-14-20-6-5-7-21(15-18)33(20)30(35)36-17-27-24-10-3-1-8-22(24)23-9-2-4-11-25(23)27/h1-4,8-13,16,18,20-21,27H,5-7,14-15,17H2. The van der Waals surface area contributed by atoms with Crippen LogP contribution in [0.3, 0.4) is 0 Å². The lowest BCUT2D eigenvalue weighted by Gasteiger charge is -2.47. The highest BCUT2D eigenvalue weighted by atomic mass is 19.1. The van der Waals surface area contributed by atoms with Gasteiger partial charge in [-0.3, -0.25) is 4.79 Å². The number of carbonyl (C=O) groups excluding carboxylic acids is 2. The maximum atomic E-state index is 14.3. The number of nitrogens with zero attached hydrogens (tertiary/aromatic N) is 1. The first-order chi connectivity index (χ1) is 17.5. The second kappa shape index (κ2) is 9.16. The molecule has 0 aromatic heterocycles. The van der Waals surface area contributed by atoms with Crippen molar-refractivity contribution in [2.45, 2.75) is 50.1 Å². The molecule has 6 rings (SSSR count). The third kappa shape index (κ3) is 3.89. The minimum atomic E-state index is -0.830. The van der Waals surface area contributed by atoms with Crippen molar-refractivity contribution in [3.63, 3.8) is 0 Å². The number of ether oxygens (including phenoxy) is 1. The Balaban J connectivity index is 1.17. The molecule has 2 heterocycles. The molecule has 0 radical (unpaired) electrons. The van der Waals surface area contributed by atoms with Crippen molar-refractivity contribution < 1.29 is 23.1 Å². The van der Waals surface area contributed by atoms with Crippen molar-refractivity contribution in [2.75, 3.05) is 6.61 Å². The molecule has 36 heavy (non-hydrogen) atoms. The summed E-state index contributed by atoms with van der Waals surface area (Å²) in [7, 11) is 0. The Morgan fingerprint density at radius 2 is 1.47 bits per heavy atom. The van der Waals surface area contributed by atoms with Gasteiger partial charge in [0, 0.05) is 30.0 Å². The zero-order valence-corrected chi connectivity index (χ0v) is 19.8. The molecule has 3 aromatic rings. The Morgan fingerprint density at radius 1 is 0.861 bits per heavy atom. The predicted molar refractivity (Wildman–Crippen MR) is 132 cm³/mol. The highest BCUT2D eigenvalue weighted by molar-refractivity contribution is 5.98. The van der Waals surface area contributed by atoms with E-state index in [9.17, 15) is 18.4 Å². The van der Waals surface area contributed by atoms with Crippen molar-refractivity contribution in [3.05, 3.63) is 95.1 Å². The number of halogens is 2. The van der Waals surface area contributed by atoms with Gasteiger partial charge >= 0.3 is 6.09 Å². The summed E-state index contributed by atoms with van der Waals surface area (Å²) in [5, 5.41) is 0. The first-order valence-corrected chi connectivity index (χ1v) is 12.6. The van der Waals surface area contributed by atoms with Crippen LogP contribution in [-0.2, 0) is 4.74 Å². The Bertz CT molecular complexity index is 1280. The minimum absolute atomic E-state index is 0.0123. The Labute approximate surface area is 208 Å². The monoisotopic (exact) mass is 487 g/mol. The highest BCUT2D eigenvalue weighted by Gasteiger charge is 2.44. The van der Waals surface area contributed by atoms with Crippen LogP contribution in [0.25, 0.3) is 11.1 Å². The van der Waals surface area contributed by atoms with Crippen LogP contribution in [0.5, 0.6) is 0 Å². The average Bonchev–Trinajstić information content (AvgIpc) is 3.20. The van der Waals surface area contributed by atoms with Crippen LogP contribution in [-0.4, -0.2) is 35.5 Å². The van der Waals surface area contributed by atoms with Gasteiger partial charge in [-0.1, -0.05) is 48.5 Å². The summed E-state index contributed by atoms with van der Waals surface area (Å²) in [5.74, 6) is -2.24. The molecule has 184 valence electrons. The summed E-state index contributed by atoms with van der Waals surface area (Å²) in [6.45, 7) is 0.256. The summed E-state index contributed by atoms with van der Waals surface area (Å²) in [6.07, 6.45) is 3.15. The van der Waals surface area contributed by atoms with Crippen LogP contribution in [0.4, 0.5) is 13.6 Å². The smallest absolute Gasteiger partial charge is 0.410 e. The molecule has 2 bridgehead atoms. The van der Waals surface area contributed by atoms with Gasteiger partial charge in [-0.2, -0.15) is 0 Å². The van der Waals surface area contributed by atoms with E-state index in [1.54, 1.807) is 0 Å². The minimum Gasteiger partial charge on any atom is -0.448 e. The number of Topliss-reactive ketones (excluding diaryl/α,β-unsaturated/α-hetero) is 1. The van der Waals surface area contributed by atoms with Crippen LogP contribution in [0.15, 0.2) is 66.7 Å². The topological polar surface area (TPSA) is 46.6 Å². The molecule has 0 N–H and O–H groups in total. The summed E-state index contributed by atoms with van der Waals surface area (Å²) >= 11 is 0. The van der Waals surface area contributed by atoms with E-state index in [0.29, 0.717) is 12.8 Å². The van der Waals surface area contributed by atoms with Crippen molar-refractivity contribution in [3.8, 4) is 11.1 Å². The van der Waals surface area contributed by atoms with E-state index in [0.717, 1.165) is 42.5 Å². The van der Waals surface area contributed by atoms with Crippen LogP contribution in [0.2, 0.25) is 0 Å². The fourth-order valence-corrected chi connectivity index (χ4v) is 6.47. The molecule has 3 aliphatic rings. The molecule has 6 heteroatoms. The lowest BCUT2D eigenvalue weighted by molar-refractivity contribution is 0.00642. The quantitative estimate of drug-likeness (QED) is 0.384. The molecule has 0 spiro atoms. The SMILES string of the molecule is O=C(c1ccc(F)cc1F)C1CC2CCCC(C1)N2C(=O)OCC1c2ccccc2-c2ccccc21. The van der Waals surface area contributed by atoms with E-state index in [2.05, 4.69) is 24.3 Å². The summed E-state index contributed by atoms with van der Waals surface area (Å²) in [6, 6.07) is 19.3. The van der Waals surface area contributed by atoms with Gasteiger partial charge in [0.2, 0.25) is 0 Å². The molecule has 1 amide bonds. The van der Waals surface area contributed by atoms with Gasteiger partial charge in [-0.25, -0.2) is 13.6 Å². The lowest BCUT2D eigenvalue weighted by Crippen LogP contribution is -2.56. The van der Waals surface area contributed by atoms with Gasteiger partial charge in [0.25, 0.3) is 0 Å². The van der Waals surface area contributed by atoms with E-state index in [1.807, 2.05) is 29.2 Å². The van der Waals surface area contributed by atoms with Crippen LogP contribution >= 0.6 is 0 Å². The van der Waals surface area contributed by atoms with E-state index in [4.69, 9.17) is 4.74 Å². The number of hydrogen-bond donors (Lipinski definition) is 0. The van der Waals surface area contributed by atoms with Crippen molar-refractivity contribution in [1.82, 2.24) is 4.90 Å². The molecule has 3 aromatic carbocycles. The maximum Gasteiger partial charge on any atom is 0.410 e. The van der Waals surface area contributed by atoms with Gasteiger partial charge in [0.15, 0.2) is 5.78 Å². The molecule has 1 aliphatic carbocycles. The van der Waals surface area contributed by atoms with Crippen molar-refractivity contribution in [2.24, 2.45) is 5.92 Å². The number of hydrogen-bond acceptors (Lipinski definition) is 3. The lowest BCUT2D eigenvalue weighted by atomic mass is 9.76. The molecule has 0 saturated carbocycles. The molecule has 2 atom stereocenters. The first-order valence-electron chi connectivity index (χ1n) is 12.6. The number of carbonyl (C=O) groups is 2. The molecule has 2 unspecified atom stereocenters. The third-order valence-electron chi connectivity index (χ3n) is 8.09. The summed E-state index contributed by atoms with van der Waals surface area (Å²) < 4.78 is 33.5. The average molecular weight is 488 g/mol. The number of ketones is 1. The number of fused-ring (bicyclic) bond motifs is 5. The normalized spacial score (nSPS) is 22.6. The second-order valence-corrected chi connectivity index (χ2v) is 10.1. The fraction of sp³-hybridized carbons (Fsp3) is 0.333. The van der Waals surface area contributed by atoms with Gasteiger partial charge < -0.3 is 9.64 Å².